The number of hydrogen-bond donors (Lipinski definition) is 2. The van der Waals surface area contributed by atoms with Gasteiger partial charge in [0.15, 0.2) is 0 Å². The van der Waals surface area contributed by atoms with Gasteiger partial charge in [0.25, 0.3) is 0 Å². The van der Waals surface area contributed by atoms with Gasteiger partial charge in [-0.25, -0.2) is 13.1 Å². The zero-order valence-corrected chi connectivity index (χ0v) is 12.6. The summed E-state index contributed by atoms with van der Waals surface area (Å²) in [5, 5.41) is 3.07. The third-order valence-corrected chi connectivity index (χ3v) is 4.09. The van der Waals surface area contributed by atoms with Gasteiger partial charge in [-0.05, 0) is 43.7 Å². The highest BCUT2D eigenvalue weighted by Gasteiger charge is 2.13. The summed E-state index contributed by atoms with van der Waals surface area (Å²) in [5.41, 5.74) is 2.08. The van der Waals surface area contributed by atoms with Gasteiger partial charge in [-0.2, -0.15) is 0 Å². The molecule has 1 rings (SSSR count). The molecule has 2 N–H and O–H groups in total. The molecule has 1 aromatic rings. The van der Waals surface area contributed by atoms with Gasteiger partial charge in [0, 0.05) is 13.1 Å². The third kappa shape index (κ3) is 4.94. The second-order valence-electron chi connectivity index (χ2n) is 4.00. The van der Waals surface area contributed by atoms with Gasteiger partial charge in [0.2, 0.25) is 10.0 Å². The second-order valence-corrected chi connectivity index (χ2v) is 5.76. The first kappa shape index (κ1) is 17.4. The van der Waals surface area contributed by atoms with Gasteiger partial charge in [0.05, 0.1) is 4.90 Å². The van der Waals surface area contributed by atoms with Crippen molar-refractivity contribution in [3.05, 3.63) is 29.3 Å². The van der Waals surface area contributed by atoms with E-state index in [4.69, 9.17) is 0 Å². The molecule has 0 heterocycles. The molecule has 0 saturated carbocycles. The standard InChI is InChI=1S/C12H20N2O2S.ClH/c1-4-13-7-8-14-17(15,16)12-6-5-10(2)11(3)9-12;/h5-6,9,13-14H,4,7-8H2,1-3H3;1H. The topological polar surface area (TPSA) is 58.2 Å². The number of nitrogens with one attached hydrogen (secondary N) is 2. The Bertz CT molecular complexity index is 475. The number of aryl methyl sites for hydroxylation is 2. The minimum absolute atomic E-state index is 0. The normalized spacial score (nSPS) is 11.1. The van der Waals surface area contributed by atoms with Crippen molar-refractivity contribution in [3.63, 3.8) is 0 Å². The van der Waals surface area contributed by atoms with Gasteiger partial charge < -0.3 is 5.32 Å². The molecule has 0 fully saturated rings. The van der Waals surface area contributed by atoms with Crippen molar-refractivity contribution in [2.75, 3.05) is 19.6 Å². The highest BCUT2D eigenvalue weighted by atomic mass is 35.5. The average Bonchev–Trinajstić information content (AvgIpc) is 2.28. The fourth-order valence-corrected chi connectivity index (χ4v) is 2.53. The maximum absolute atomic E-state index is 11.9. The van der Waals surface area contributed by atoms with E-state index < -0.39 is 10.0 Å². The van der Waals surface area contributed by atoms with Crippen molar-refractivity contribution in [3.8, 4) is 0 Å². The SMILES string of the molecule is CCNCCNS(=O)(=O)c1ccc(C)c(C)c1.Cl. The van der Waals surface area contributed by atoms with Crippen molar-refractivity contribution in [1.29, 1.82) is 0 Å². The van der Waals surface area contributed by atoms with E-state index >= 15 is 0 Å². The molecule has 0 aromatic heterocycles. The Hall–Kier alpha value is -0.620. The summed E-state index contributed by atoms with van der Waals surface area (Å²) in [6.45, 7) is 7.74. The first-order chi connectivity index (χ1) is 7.97. The Balaban J connectivity index is 0.00000289. The molecule has 1 aromatic carbocycles. The van der Waals surface area contributed by atoms with E-state index in [-0.39, 0.29) is 12.4 Å². The average molecular weight is 293 g/mol. The van der Waals surface area contributed by atoms with Gasteiger partial charge in [0.1, 0.15) is 0 Å². The van der Waals surface area contributed by atoms with Crippen molar-refractivity contribution in [2.24, 2.45) is 0 Å². The molecule has 0 aliphatic carbocycles. The molecule has 0 aliphatic rings. The molecule has 18 heavy (non-hydrogen) atoms. The number of benzene rings is 1. The fraction of sp³-hybridized carbons (Fsp3) is 0.500. The monoisotopic (exact) mass is 292 g/mol. The summed E-state index contributed by atoms with van der Waals surface area (Å²) in [6, 6.07) is 5.16. The van der Waals surface area contributed by atoms with Gasteiger partial charge in [-0.1, -0.05) is 13.0 Å². The van der Waals surface area contributed by atoms with Crippen LogP contribution in [0.1, 0.15) is 18.1 Å². The summed E-state index contributed by atoms with van der Waals surface area (Å²) < 4.78 is 26.4. The molecule has 6 heteroatoms. The fourth-order valence-electron chi connectivity index (χ4n) is 1.41. The molecule has 0 radical (unpaired) electrons. The number of rotatable bonds is 6. The van der Waals surface area contributed by atoms with Crippen LogP contribution in [-0.2, 0) is 10.0 Å². The first-order valence-corrected chi connectivity index (χ1v) is 7.23. The second kappa shape index (κ2) is 7.74. The molecule has 0 aliphatic heterocycles. The molecular formula is C12H21ClN2O2S. The van der Waals surface area contributed by atoms with Crippen molar-refractivity contribution in [1.82, 2.24) is 10.0 Å². The van der Waals surface area contributed by atoms with Crippen LogP contribution in [0.25, 0.3) is 0 Å². The van der Waals surface area contributed by atoms with Crippen LogP contribution in [0.3, 0.4) is 0 Å². The molecule has 0 amide bonds. The molecule has 104 valence electrons. The smallest absolute Gasteiger partial charge is 0.240 e. The molecule has 0 unspecified atom stereocenters. The van der Waals surface area contributed by atoms with E-state index in [0.29, 0.717) is 18.0 Å². The lowest BCUT2D eigenvalue weighted by Crippen LogP contribution is -2.31. The summed E-state index contributed by atoms with van der Waals surface area (Å²) in [6.07, 6.45) is 0. The van der Waals surface area contributed by atoms with Crippen molar-refractivity contribution >= 4 is 22.4 Å². The van der Waals surface area contributed by atoms with Crippen molar-refractivity contribution < 1.29 is 8.42 Å². The van der Waals surface area contributed by atoms with Gasteiger partial charge >= 0.3 is 0 Å². The molecule has 0 saturated heterocycles. The molecule has 0 spiro atoms. The predicted octanol–water partition coefficient (Wildman–Crippen LogP) is 1.61. The van der Waals surface area contributed by atoms with E-state index in [1.54, 1.807) is 12.1 Å². The predicted molar refractivity (Wildman–Crippen MR) is 76.9 cm³/mol. The lowest BCUT2D eigenvalue weighted by molar-refractivity contribution is 0.577. The highest BCUT2D eigenvalue weighted by molar-refractivity contribution is 7.89. The largest absolute Gasteiger partial charge is 0.316 e. The van der Waals surface area contributed by atoms with Crippen LogP contribution in [0.4, 0.5) is 0 Å². The first-order valence-electron chi connectivity index (χ1n) is 5.75. The summed E-state index contributed by atoms with van der Waals surface area (Å²) >= 11 is 0. The molecular weight excluding hydrogens is 272 g/mol. The lowest BCUT2D eigenvalue weighted by atomic mass is 10.1. The Kier molecular flexibility index (Phi) is 7.47. The van der Waals surface area contributed by atoms with Crippen molar-refractivity contribution in [2.45, 2.75) is 25.7 Å². The Morgan fingerprint density at radius 2 is 1.78 bits per heavy atom. The molecule has 0 atom stereocenters. The van der Waals surface area contributed by atoms with E-state index in [1.807, 2.05) is 26.8 Å². The Labute approximate surface area is 116 Å². The molecule has 0 bridgehead atoms. The zero-order valence-electron chi connectivity index (χ0n) is 11.0. The lowest BCUT2D eigenvalue weighted by Gasteiger charge is -2.08. The summed E-state index contributed by atoms with van der Waals surface area (Å²) in [4.78, 5) is 0.331. The highest BCUT2D eigenvalue weighted by Crippen LogP contribution is 2.14. The minimum atomic E-state index is -3.37. The summed E-state index contributed by atoms with van der Waals surface area (Å²) in [5.74, 6) is 0. The minimum Gasteiger partial charge on any atom is -0.316 e. The van der Waals surface area contributed by atoms with E-state index in [1.165, 1.54) is 0 Å². The van der Waals surface area contributed by atoms with Crippen LogP contribution in [0.5, 0.6) is 0 Å². The maximum Gasteiger partial charge on any atom is 0.240 e. The third-order valence-electron chi connectivity index (χ3n) is 2.63. The van der Waals surface area contributed by atoms with E-state index in [0.717, 1.165) is 17.7 Å². The molecule has 4 nitrogen and oxygen atoms in total. The van der Waals surface area contributed by atoms with Crippen LogP contribution in [-0.4, -0.2) is 28.1 Å². The number of likely N-dealkylation sites (N-methyl/N-ethyl adjacent to an activating group) is 1. The quantitative estimate of drug-likeness (QED) is 0.783. The van der Waals surface area contributed by atoms with Crippen LogP contribution in [0, 0.1) is 13.8 Å². The zero-order chi connectivity index (χ0) is 12.9. The number of sulfonamides is 1. The van der Waals surface area contributed by atoms with E-state index in [9.17, 15) is 8.42 Å². The van der Waals surface area contributed by atoms with Crippen LogP contribution in [0.15, 0.2) is 23.1 Å². The van der Waals surface area contributed by atoms with E-state index in [2.05, 4.69) is 10.0 Å². The van der Waals surface area contributed by atoms with Crippen LogP contribution in [0.2, 0.25) is 0 Å². The maximum atomic E-state index is 11.9. The number of hydrogen-bond acceptors (Lipinski definition) is 3. The van der Waals surface area contributed by atoms with Gasteiger partial charge in [-0.15, -0.1) is 12.4 Å². The Morgan fingerprint density at radius 1 is 1.11 bits per heavy atom. The van der Waals surface area contributed by atoms with Gasteiger partial charge in [-0.3, -0.25) is 0 Å². The number of halogens is 1. The van der Waals surface area contributed by atoms with Crippen LogP contribution >= 0.6 is 12.4 Å². The summed E-state index contributed by atoms with van der Waals surface area (Å²) in [7, 11) is -3.37. The Morgan fingerprint density at radius 3 is 2.33 bits per heavy atom. The van der Waals surface area contributed by atoms with Crippen LogP contribution < -0.4 is 10.0 Å².